The SMILES string of the molecule is O=C1C=C(N2CC2)C(=O)C(N2CC2)=C1N1CC1.O=C=Nc1ccccc1. The van der Waals surface area contributed by atoms with E-state index in [0.29, 0.717) is 22.8 Å². The van der Waals surface area contributed by atoms with Crippen molar-refractivity contribution >= 4 is 23.3 Å². The smallest absolute Gasteiger partial charge is 0.240 e. The summed E-state index contributed by atoms with van der Waals surface area (Å²) in [5.41, 5.74) is 2.53. The molecule has 0 bridgehead atoms. The summed E-state index contributed by atoms with van der Waals surface area (Å²) in [6.07, 6.45) is 2.98. The Morgan fingerprint density at radius 1 is 0.808 bits per heavy atom. The van der Waals surface area contributed by atoms with Gasteiger partial charge in [-0.1, -0.05) is 18.2 Å². The summed E-state index contributed by atoms with van der Waals surface area (Å²) in [4.78, 5) is 43.6. The lowest BCUT2D eigenvalue weighted by Crippen LogP contribution is -2.29. The molecular weight excluding hydrogens is 332 g/mol. The maximum absolute atomic E-state index is 12.4. The number of hydrogen-bond acceptors (Lipinski definition) is 7. The normalized spacial score (nSPS) is 20.2. The molecule has 0 aromatic heterocycles. The van der Waals surface area contributed by atoms with E-state index in [2.05, 4.69) is 4.99 Å². The number of rotatable bonds is 4. The molecule has 0 N–H and O–H groups in total. The summed E-state index contributed by atoms with van der Waals surface area (Å²) in [6.45, 7) is 5.41. The first-order valence-electron chi connectivity index (χ1n) is 8.62. The fourth-order valence-electron chi connectivity index (χ4n) is 2.83. The van der Waals surface area contributed by atoms with Crippen LogP contribution in [0.2, 0.25) is 0 Å². The average Bonchev–Trinajstić information content (AvgIpc) is 3.49. The Kier molecular flexibility index (Phi) is 4.14. The van der Waals surface area contributed by atoms with Gasteiger partial charge >= 0.3 is 0 Å². The number of carbonyl (C=O) groups excluding carboxylic acids is 3. The molecule has 0 amide bonds. The summed E-state index contributed by atoms with van der Waals surface area (Å²) in [5, 5.41) is 0. The number of nitrogens with zero attached hydrogens (tertiary/aromatic N) is 4. The third kappa shape index (κ3) is 3.43. The minimum atomic E-state index is 0.00546. The third-order valence-electron chi connectivity index (χ3n) is 4.42. The van der Waals surface area contributed by atoms with E-state index in [4.69, 9.17) is 0 Å². The van der Waals surface area contributed by atoms with Gasteiger partial charge in [0, 0.05) is 45.3 Å². The van der Waals surface area contributed by atoms with E-state index in [-0.39, 0.29) is 11.6 Å². The number of para-hydroxylation sites is 1. The van der Waals surface area contributed by atoms with Crippen molar-refractivity contribution in [3.8, 4) is 0 Å². The van der Waals surface area contributed by atoms with Crippen molar-refractivity contribution in [2.75, 3.05) is 39.3 Å². The number of ketones is 2. The highest BCUT2D eigenvalue weighted by molar-refractivity contribution is 6.22. The fraction of sp³-hybridized carbons (Fsp3) is 0.316. The topological polar surface area (TPSA) is 72.6 Å². The molecule has 26 heavy (non-hydrogen) atoms. The Bertz CT molecular complexity index is 856. The summed E-state index contributed by atoms with van der Waals surface area (Å²) in [6, 6.07) is 8.98. The third-order valence-corrected chi connectivity index (χ3v) is 4.42. The Balaban J connectivity index is 0.000000160. The van der Waals surface area contributed by atoms with Gasteiger partial charge in [-0.3, -0.25) is 9.59 Å². The molecule has 0 unspecified atom stereocenters. The molecule has 3 saturated heterocycles. The van der Waals surface area contributed by atoms with E-state index < -0.39 is 0 Å². The van der Waals surface area contributed by atoms with Gasteiger partial charge in [-0.15, -0.1) is 0 Å². The lowest BCUT2D eigenvalue weighted by molar-refractivity contribution is -0.117. The molecule has 7 heteroatoms. The minimum Gasteiger partial charge on any atom is -0.365 e. The van der Waals surface area contributed by atoms with E-state index >= 15 is 0 Å². The number of allylic oxidation sites excluding steroid dienone is 1. The number of Topliss-reactive ketones (excluding diaryl/α,β-unsaturated/α-hetero) is 1. The van der Waals surface area contributed by atoms with E-state index in [1.54, 1.807) is 12.1 Å². The zero-order valence-corrected chi connectivity index (χ0v) is 14.2. The first kappa shape index (κ1) is 16.3. The first-order valence-corrected chi connectivity index (χ1v) is 8.62. The molecule has 0 radical (unpaired) electrons. The zero-order chi connectivity index (χ0) is 18.1. The first-order chi connectivity index (χ1) is 12.7. The van der Waals surface area contributed by atoms with Crippen LogP contribution >= 0.6 is 0 Å². The molecule has 3 heterocycles. The molecule has 1 aliphatic carbocycles. The van der Waals surface area contributed by atoms with Crippen LogP contribution in [-0.2, 0) is 14.4 Å². The van der Waals surface area contributed by atoms with Crippen LogP contribution in [-0.4, -0.2) is 71.6 Å². The van der Waals surface area contributed by atoms with Crippen LogP contribution in [0.25, 0.3) is 0 Å². The van der Waals surface area contributed by atoms with Crippen LogP contribution in [0, 0.1) is 0 Å². The molecule has 1 aromatic rings. The molecule has 5 rings (SSSR count). The molecule has 3 fully saturated rings. The fourth-order valence-corrected chi connectivity index (χ4v) is 2.83. The number of aliphatic imine (C=N–C) groups is 1. The van der Waals surface area contributed by atoms with Crippen LogP contribution in [0.4, 0.5) is 5.69 Å². The summed E-state index contributed by atoms with van der Waals surface area (Å²) >= 11 is 0. The van der Waals surface area contributed by atoms with Crippen molar-refractivity contribution in [1.82, 2.24) is 14.7 Å². The van der Waals surface area contributed by atoms with Crippen molar-refractivity contribution in [2.45, 2.75) is 0 Å². The molecule has 0 spiro atoms. The van der Waals surface area contributed by atoms with Gasteiger partial charge in [0.2, 0.25) is 17.6 Å². The largest absolute Gasteiger partial charge is 0.365 e. The van der Waals surface area contributed by atoms with Crippen LogP contribution in [0.3, 0.4) is 0 Å². The van der Waals surface area contributed by atoms with Crippen LogP contribution in [0.15, 0.2) is 58.5 Å². The highest BCUT2D eigenvalue weighted by Gasteiger charge is 2.43. The molecule has 0 atom stereocenters. The molecule has 4 aliphatic rings. The maximum Gasteiger partial charge on any atom is 0.240 e. The predicted octanol–water partition coefficient (Wildman–Crippen LogP) is 0.834. The van der Waals surface area contributed by atoms with Crippen LogP contribution in [0.5, 0.6) is 0 Å². The lowest BCUT2D eigenvalue weighted by Gasteiger charge is -2.21. The Hall–Kier alpha value is -3.18. The Labute approximate surface area is 150 Å². The van der Waals surface area contributed by atoms with Gasteiger partial charge < -0.3 is 14.7 Å². The standard InChI is InChI=1S/C12H13N3O2.C7H5NO/c16-9-7-8(13-1-2-13)12(17)11(15-5-6-15)10(9)14-3-4-14;9-6-8-7-4-2-1-3-5-7/h7H,1-6H2;1-5H. The highest BCUT2D eigenvalue weighted by atomic mass is 16.1. The van der Waals surface area contributed by atoms with Crippen molar-refractivity contribution in [3.63, 3.8) is 0 Å². The van der Waals surface area contributed by atoms with Gasteiger partial charge in [0.1, 0.15) is 11.4 Å². The second-order valence-electron chi connectivity index (χ2n) is 6.42. The van der Waals surface area contributed by atoms with Crippen molar-refractivity contribution in [2.24, 2.45) is 4.99 Å². The van der Waals surface area contributed by atoms with Gasteiger partial charge in [-0.2, -0.15) is 4.99 Å². The Morgan fingerprint density at radius 3 is 1.92 bits per heavy atom. The van der Waals surface area contributed by atoms with E-state index in [1.807, 2.05) is 32.9 Å². The van der Waals surface area contributed by atoms with E-state index in [0.717, 1.165) is 39.3 Å². The molecule has 1 aromatic carbocycles. The number of carbonyl (C=O) groups is 2. The van der Waals surface area contributed by atoms with Gasteiger partial charge in [0.15, 0.2) is 0 Å². The maximum atomic E-state index is 12.4. The lowest BCUT2D eigenvalue weighted by atomic mass is 10.0. The molecule has 3 aliphatic heterocycles. The summed E-state index contributed by atoms with van der Waals surface area (Å²) in [5.74, 6) is 0.0485. The second-order valence-corrected chi connectivity index (χ2v) is 6.42. The van der Waals surface area contributed by atoms with Crippen LogP contribution < -0.4 is 0 Å². The molecule has 7 nitrogen and oxygen atoms in total. The van der Waals surface area contributed by atoms with Gasteiger partial charge in [0.25, 0.3) is 0 Å². The van der Waals surface area contributed by atoms with Crippen LogP contribution in [0.1, 0.15) is 0 Å². The average molecular weight is 350 g/mol. The summed E-state index contributed by atoms with van der Waals surface area (Å²) < 4.78 is 0. The molecule has 132 valence electrons. The van der Waals surface area contributed by atoms with Crippen molar-refractivity contribution in [3.05, 3.63) is 53.5 Å². The number of benzene rings is 1. The van der Waals surface area contributed by atoms with Crippen molar-refractivity contribution < 1.29 is 14.4 Å². The Morgan fingerprint density at radius 2 is 1.38 bits per heavy atom. The van der Waals surface area contributed by atoms with E-state index in [9.17, 15) is 14.4 Å². The second kappa shape index (κ2) is 6.61. The molecule has 0 saturated carbocycles. The van der Waals surface area contributed by atoms with Gasteiger partial charge in [-0.05, 0) is 12.1 Å². The quantitative estimate of drug-likeness (QED) is 0.347. The van der Waals surface area contributed by atoms with Crippen molar-refractivity contribution in [1.29, 1.82) is 0 Å². The predicted molar refractivity (Wildman–Crippen MR) is 94.1 cm³/mol. The molecular formula is C19H18N4O3. The number of isocyanates is 1. The van der Waals surface area contributed by atoms with Gasteiger partial charge in [0.05, 0.1) is 11.4 Å². The van der Waals surface area contributed by atoms with E-state index in [1.165, 1.54) is 12.2 Å². The summed E-state index contributed by atoms with van der Waals surface area (Å²) in [7, 11) is 0. The highest BCUT2D eigenvalue weighted by Crippen LogP contribution is 2.33. The monoisotopic (exact) mass is 350 g/mol. The zero-order valence-electron chi connectivity index (χ0n) is 14.2. The van der Waals surface area contributed by atoms with Gasteiger partial charge in [-0.25, -0.2) is 4.79 Å². The minimum absolute atomic E-state index is 0.00546. The number of hydrogen-bond donors (Lipinski definition) is 0.